The normalized spacial score (nSPS) is 11.3. The Morgan fingerprint density at radius 2 is 1.62 bits per heavy atom. The Bertz CT molecular complexity index is 876. The maximum atomic E-state index is 12.4. The van der Waals surface area contributed by atoms with Crippen LogP contribution in [0.1, 0.15) is 29.8 Å². The summed E-state index contributed by atoms with van der Waals surface area (Å²) in [5.41, 5.74) is 2.57. The SMILES string of the molecule is CC(C)/C=C/c1ccc(C(=O)Nc2ccc3ccccc3c2)cc1. The van der Waals surface area contributed by atoms with Crippen molar-refractivity contribution in [1.29, 1.82) is 0 Å². The van der Waals surface area contributed by atoms with Crippen molar-refractivity contribution in [2.45, 2.75) is 13.8 Å². The largest absolute Gasteiger partial charge is 0.322 e. The number of rotatable bonds is 4. The number of fused-ring (bicyclic) bond motifs is 1. The molecule has 120 valence electrons. The van der Waals surface area contributed by atoms with Crippen LogP contribution in [0.15, 0.2) is 72.8 Å². The average molecular weight is 315 g/mol. The lowest BCUT2D eigenvalue weighted by Gasteiger charge is -2.07. The fraction of sp³-hybridized carbons (Fsp3) is 0.136. The summed E-state index contributed by atoms with van der Waals surface area (Å²) in [6.45, 7) is 4.28. The molecule has 2 heteroatoms. The Morgan fingerprint density at radius 1 is 0.917 bits per heavy atom. The van der Waals surface area contributed by atoms with Gasteiger partial charge in [-0.3, -0.25) is 4.79 Å². The van der Waals surface area contributed by atoms with Gasteiger partial charge in [-0.1, -0.05) is 68.5 Å². The molecule has 3 aromatic carbocycles. The number of nitrogens with one attached hydrogen (secondary N) is 1. The van der Waals surface area contributed by atoms with Crippen molar-refractivity contribution in [2.75, 3.05) is 5.32 Å². The summed E-state index contributed by atoms with van der Waals surface area (Å²) in [5, 5.41) is 5.24. The van der Waals surface area contributed by atoms with Crippen molar-refractivity contribution < 1.29 is 4.79 Å². The quantitative estimate of drug-likeness (QED) is 0.651. The highest BCUT2D eigenvalue weighted by atomic mass is 16.1. The minimum Gasteiger partial charge on any atom is -0.322 e. The minimum atomic E-state index is -0.0929. The Morgan fingerprint density at radius 3 is 2.33 bits per heavy atom. The smallest absolute Gasteiger partial charge is 0.255 e. The number of amides is 1. The highest BCUT2D eigenvalue weighted by Crippen LogP contribution is 2.19. The molecule has 0 aromatic heterocycles. The topological polar surface area (TPSA) is 29.1 Å². The molecule has 0 atom stereocenters. The first-order chi connectivity index (χ1) is 11.6. The summed E-state index contributed by atoms with van der Waals surface area (Å²) >= 11 is 0. The summed E-state index contributed by atoms with van der Waals surface area (Å²) in [6.07, 6.45) is 4.22. The lowest BCUT2D eigenvalue weighted by molar-refractivity contribution is 0.102. The lowest BCUT2D eigenvalue weighted by Crippen LogP contribution is -2.11. The van der Waals surface area contributed by atoms with Crippen LogP contribution in [0.2, 0.25) is 0 Å². The van der Waals surface area contributed by atoms with Crippen molar-refractivity contribution >= 4 is 28.4 Å². The van der Waals surface area contributed by atoms with Crippen LogP contribution in [0.4, 0.5) is 5.69 Å². The first-order valence-electron chi connectivity index (χ1n) is 8.20. The van der Waals surface area contributed by atoms with Gasteiger partial charge >= 0.3 is 0 Å². The molecule has 0 spiro atoms. The van der Waals surface area contributed by atoms with Gasteiger partial charge in [0.15, 0.2) is 0 Å². The summed E-state index contributed by atoms with van der Waals surface area (Å²) < 4.78 is 0. The van der Waals surface area contributed by atoms with E-state index >= 15 is 0 Å². The van der Waals surface area contributed by atoms with Gasteiger partial charge in [-0.25, -0.2) is 0 Å². The van der Waals surface area contributed by atoms with Crippen LogP contribution in [0, 0.1) is 5.92 Å². The highest BCUT2D eigenvalue weighted by Gasteiger charge is 2.06. The van der Waals surface area contributed by atoms with E-state index in [1.54, 1.807) is 0 Å². The van der Waals surface area contributed by atoms with Crippen LogP contribution in [0.25, 0.3) is 16.8 Å². The molecule has 24 heavy (non-hydrogen) atoms. The van der Waals surface area contributed by atoms with Crippen molar-refractivity contribution in [1.82, 2.24) is 0 Å². The van der Waals surface area contributed by atoms with Crippen LogP contribution < -0.4 is 5.32 Å². The molecule has 3 rings (SSSR count). The second-order valence-corrected chi connectivity index (χ2v) is 6.24. The second kappa shape index (κ2) is 7.14. The van der Waals surface area contributed by atoms with E-state index in [4.69, 9.17) is 0 Å². The molecule has 0 saturated carbocycles. The number of hydrogen-bond acceptors (Lipinski definition) is 1. The summed E-state index contributed by atoms with van der Waals surface area (Å²) in [6, 6.07) is 21.7. The fourth-order valence-corrected chi connectivity index (χ4v) is 2.52. The lowest BCUT2D eigenvalue weighted by atomic mass is 10.1. The number of benzene rings is 3. The van der Waals surface area contributed by atoms with E-state index in [9.17, 15) is 4.79 Å². The third kappa shape index (κ3) is 3.90. The molecular weight excluding hydrogens is 294 g/mol. The molecular formula is C22H21NO. The van der Waals surface area contributed by atoms with Gasteiger partial charge in [0.2, 0.25) is 0 Å². The number of anilines is 1. The van der Waals surface area contributed by atoms with E-state index in [1.807, 2.05) is 60.7 Å². The Labute approximate surface area is 142 Å². The van der Waals surface area contributed by atoms with Gasteiger partial charge in [0.05, 0.1) is 0 Å². The Kier molecular flexibility index (Phi) is 4.76. The van der Waals surface area contributed by atoms with Crippen LogP contribution in [0.3, 0.4) is 0 Å². The molecule has 0 unspecified atom stereocenters. The van der Waals surface area contributed by atoms with Crippen molar-refractivity contribution in [2.24, 2.45) is 5.92 Å². The maximum absolute atomic E-state index is 12.4. The summed E-state index contributed by atoms with van der Waals surface area (Å²) in [5.74, 6) is 0.422. The average Bonchev–Trinajstić information content (AvgIpc) is 2.60. The summed E-state index contributed by atoms with van der Waals surface area (Å²) in [4.78, 5) is 12.4. The molecule has 0 aliphatic carbocycles. The number of hydrogen-bond donors (Lipinski definition) is 1. The van der Waals surface area contributed by atoms with Crippen LogP contribution >= 0.6 is 0 Å². The zero-order chi connectivity index (χ0) is 16.9. The molecule has 0 radical (unpaired) electrons. The molecule has 2 nitrogen and oxygen atoms in total. The first-order valence-corrected chi connectivity index (χ1v) is 8.20. The zero-order valence-corrected chi connectivity index (χ0v) is 14.0. The van der Waals surface area contributed by atoms with Crippen molar-refractivity contribution in [3.8, 4) is 0 Å². The predicted molar refractivity (Wildman–Crippen MR) is 102 cm³/mol. The standard InChI is InChI=1S/C22H21NO/c1-16(2)7-8-17-9-11-19(12-10-17)22(24)23-21-14-13-18-5-3-4-6-20(18)15-21/h3-16H,1-2H3,(H,23,24)/b8-7+. The number of carbonyl (C=O) groups is 1. The Hall–Kier alpha value is -2.87. The molecule has 1 N–H and O–H groups in total. The minimum absolute atomic E-state index is 0.0929. The molecule has 0 aliphatic heterocycles. The van der Waals surface area contributed by atoms with Gasteiger partial charge < -0.3 is 5.32 Å². The van der Waals surface area contributed by atoms with Crippen LogP contribution in [0.5, 0.6) is 0 Å². The summed E-state index contributed by atoms with van der Waals surface area (Å²) in [7, 11) is 0. The van der Waals surface area contributed by atoms with Gasteiger partial charge in [0.25, 0.3) is 5.91 Å². The van der Waals surface area contributed by atoms with Gasteiger partial charge in [0, 0.05) is 11.3 Å². The molecule has 0 saturated heterocycles. The van der Waals surface area contributed by atoms with Gasteiger partial charge in [0.1, 0.15) is 0 Å². The number of carbonyl (C=O) groups excluding carboxylic acids is 1. The van der Waals surface area contributed by atoms with E-state index in [0.29, 0.717) is 11.5 Å². The Balaban J connectivity index is 1.73. The van der Waals surface area contributed by atoms with Gasteiger partial charge in [-0.05, 0) is 46.5 Å². The van der Waals surface area contributed by atoms with Crippen molar-refractivity contribution in [3.05, 3.63) is 83.9 Å². The fourth-order valence-electron chi connectivity index (χ4n) is 2.52. The molecule has 1 amide bonds. The molecule has 0 heterocycles. The van der Waals surface area contributed by atoms with E-state index in [2.05, 4.69) is 37.4 Å². The van der Waals surface area contributed by atoms with E-state index in [-0.39, 0.29) is 5.91 Å². The predicted octanol–water partition coefficient (Wildman–Crippen LogP) is 5.76. The monoisotopic (exact) mass is 315 g/mol. The third-order valence-corrected chi connectivity index (χ3v) is 3.85. The van der Waals surface area contributed by atoms with Gasteiger partial charge in [-0.15, -0.1) is 0 Å². The van der Waals surface area contributed by atoms with Crippen molar-refractivity contribution in [3.63, 3.8) is 0 Å². The van der Waals surface area contributed by atoms with E-state index in [1.165, 1.54) is 0 Å². The highest BCUT2D eigenvalue weighted by molar-refractivity contribution is 6.05. The maximum Gasteiger partial charge on any atom is 0.255 e. The van der Waals surface area contributed by atoms with Crippen LogP contribution in [-0.2, 0) is 0 Å². The molecule has 3 aromatic rings. The third-order valence-electron chi connectivity index (χ3n) is 3.85. The molecule has 0 fully saturated rings. The van der Waals surface area contributed by atoms with E-state index in [0.717, 1.165) is 22.0 Å². The van der Waals surface area contributed by atoms with E-state index < -0.39 is 0 Å². The van der Waals surface area contributed by atoms with Gasteiger partial charge in [-0.2, -0.15) is 0 Å². The number of allylic oxidation sites excluding steroid dienone is 1. The second-order valence-electron chi connectivity index (χ2n) is 6.24. The first kappa shape index (κ1) is 16.0. The molecule has 0 bridgehead atoms. The molecule has 0 aliphatic rings. The zero-order valence-electron chi connectivity index (χ0n) is 14.0. The van der Waals surface area contributed by atoms with Crippen LogP contribution in [-0.4, -0.2) is 5.91 Å².